The van der Waals surface area contributed by atoms with Crippen molar-refractivity contribution in [3.63, 3.8) is 0 Å². The van der Waals surface area contributed by atoms with Crippen LogP contribution in [0, 0.1) is 11.8 Å². The molecule has 2 heteroatoms. The van der Waals surface area contributed by atoms with Crippen LogP contribution in [0.2, 0.25) is 0 Å². The van der Waals surface area contributed by atoms with E-state index in [1.54, 1.807) is 0 Å². The van der Waals surface area contributed by atoms with E-state index in [0.717, 1.165) is 28.5 Å². The van der Waals surface area contributed by atoms with Crippen molar-refractivity contribution in [3.8, 4) is 17.6 Å². The van der Waals surface area contributed by atoms with Crippen LogP contribution in [0.1, 0.15) is 31.7 Å². The lowest BCUT2D eigenvalue weighted by atomic mass is 10.0. The molecule has 2 rings (SSSR count). The Morgan fingerprint density at radius 2 is 1.95 bits per heavy atom. The second-order valence-electron chi connectivity index (χ2n) is 4.68. The van der Waals surface area contributed by atoms with Gasteiger partial charge in [0.1, 0.15) is 12.4 Å². The van der Waals surface area contributed by atoms with E-state index >= 15 is 0 Å². The molecule has 0 amide bonds. The van der Waals surface area contributed by atoms with Crippen molar-refractivity contribution in [1.29, 1.82) is 0 Å². The molecule has 0 bridgehead atoms. The minimum absolute atomic E-state index is 0.140. The number of unbranched alkanes of at least 4 members (excludes halogenated alkanes) is 2. The van der Waals surface area contributed by atoms with E-state index in [1.165, 1.54) is 12.8 Å². The maximum Gasteiger partial charge on any atom is 0.135 e. The zero-order valence-corrected chi connectivity index (χ0v) is 11.9. The first-order chi connectivity index (χ1) is 9.86. The van der Waals surface area contributed by atoms with Crippen LogP contribution < -0.4 is 4.74 Å². The zero-order valence-electron chi connectivity index (χ0n) is 11.9. The first kappa shape index (κ1) is 14.4. The molecule has 0 radical (unpaired) electrons. The molecule has 0 spiro atoms. The fourth-order valence-electron chi connectivity index (χ4n) is 2.16. The molecule has 0 heterocycles. The van der Waals surface area contributed by atoms with Gasteiger partial charge in [0.2, 0.25) is 0 Å². The Labute approximate surface area is 120 Å². The Hall–Kier alpha value is -1.98. The summed E-state index contributed by atoms with van der Waals surface area (Å²) in [6.07, 6.45) is 3.40. The smallest absolute Gasteiger partial charge is 0.135 e. The number of benzene rings is 2. The fourth-order valence-corrected chi connectivity index (χ4v) is 2.16. The number of fused-ring (bicyclic) bond motifs is 1. The second kappa shape index (κ2) is 7.57. The van der Waals surface area contributed by atoms with Gasteiger partial charge in [-0.15, -0.1) is 0 Å². The first-order valence-electron chi connectivity index (χ1n) is 7.11. The van der Waals surface area contributed by atoms with E-state index in [9.17, 15) is 0 Å². The SMILES string of the molecule is CCCCCOc1ccc2ccccc2c1C#CCO. The van der Waals surface area contributed by atoms with E-state index in [4.69, 9.17) is 9.84 Å². The maximum absolute atomic E-state index is 8.92. The zero-order chi connectivity index (χ0) is 14.2. The molecule has 0 aromatic heterocycles. The summed E-state index contributed by atoms with van der Waals surface area (Å²) in [4.78, 5) is 0. The van der Waals surface area contributed by atoms with Crippen molar-refractivity contribution in [2.45, 2.75) is 26.2 Å². The molecule has 0 aliphatic rings. The van der Waals surface area contributed by atoms with Gasteiger partial charge in [0.15, 0.2) is 0 Å². The molecule has 0 aliphatic carbocycles. The lowest BCUT2D eigenvalue weighted by molar-refractivity contribution is 0.306. The Balaban J connectivity index is 2.32. The molecule has 2 nitrogen and oxygen atoms in total. The highest BCUT2D eigenvalue weighted by Gasteiger charge is 2.06. The van der Waals surface area contributed by atoms with Crippen LogP contribution in [0.3, 0.4) is 0 Å². The fraction of sp³-hybridized carbons (Fsp3) is 0.333. The van der Waals surface area contributed by atoms with Crippen LogP contribution in [0.5, 0.6) is 5.75 Å². The highest BCUT2D eigenvalue weighted by atomic mass is 16.5. The van der Waals surface area contributed by atoms with Gasteiger partial charge < -0.3 is 9.84 Å². The average molecular weight is 268 g/mol. The van der Waals surface area contributed by atoms with Gasteiger partial charge in [-0.05, 0) is 17.9 Å². The molecular formula is C18H20O2. The standard InChI is InChI=1S/C18H20O2/c1-2-3-6-14-20-18-12-11-15-8-4-5-9-16(15)17(18)10-7-13-19/h4-5,8-9,11-12,19H,2-3,6,13-14H2,1H3. The van der Waals surface area contributed by atoms with Gasteiger partial charge in [-0.25, -0.2) is 0 Å². The number of hydrogen-bond donors (Lipinski definition) is 1. The molecule has 0 atom stereocenters. The van der Waals surface area contributed by atoms with Crippen molar-refractivity contribution < 1.29 is 9.84 Å². The number of rotatable bonds is 5. The lowest BCUT2D eigenvalue weighted by Gasteiger charge is -2.10. The summed E-state index contributed by atoms with van der Waals surface area (Å²) in [5.41, 5.74) is 0.869. The van der Waals surface area contributed by atoms with E-state index in [2.05, 4.69) is 30.9 Å². The Bertz CT molecular complexity index is 620. The molecule has 0 saturated carbocycles. The number of aliphatic hydroxyl groups is 1. The molecule has 0 saturated heterocycles. The van der Waals surface area contributed by atoms with Crippen LogP contribution in [0.15, 0.2) is 36.4 Å². The van der Waals surface area contributed by atoms with Crippen LogP contribution in [-0.2, 0) is 0 Å². The molecular weight excluding hydrogens is 248 g/mol. The minimum Gasteiger partial charge on any atom is -0.492 e. The summed E-state index contributed by atoms with van der Waals surface area (Å²) in [7, 11) is 0. The molecule has 0 aliphatic heterocycles. The summed E-state index contributed by atoms with van der Waals surface area (Å²) in [6, 6.07) is 12.1. The Kier molecular flexibility index (Phi) is 5.46. The summed E-state index contributed by atoms with van der Waals surface area (Å²) in [5, 5.41) is 11.1. The van der Waals surface area contributed by atoms with Gasteiger partial charge in [-0.2, -0.15) is 0 Å². The van der Waals surface area contributed by atoms with Crippen molar-refractivity contribution in [2.75, 3.05) is 13.2 Å². The average Bonchev–Trinajstić information content (AvgIpc) is 2.50. The Morgan fingerprint density at radius 3 is 2.75 bits per heavy atom. The minimum atomic E-state index is -0.140. The topological polar surface area (TPSA) is 29.5 Å². The predicted molar refractivity (Wildman–Crippen MR) is 82.9 cm³/mol. The normalized spacial score (nSPS) is 10.1. The van der Waals surface area contributed by atoms with Crippen LogP contribution in [-0.4, -0.2) is 18.3 Å². The molecule has 104 valence electrons. The summed E-state index contributed by atoms with van der Waals surface area (Å²) in [6.45, 7) is 2.74. The Morgan fingerprint density at radius 1 is 1.10 bits per heavy atom. The van der Waals surface area contributed by atoms with Crippen molar-refractivity contribution in [3.05, 3.63) is 42.0 Å². The van der Waals surface area contributed by atoms with Crippen molar-refractivity contribution in [1.82, 2.24) is 0 Å². The second-order valence-corrected chi connectivity index (χ2v) is 4.68. The van der Waals surface area contributed by atoms with Gasteiger partial charge >= 0.3 is 0 Å². The predicted octanol–water partition coefficient (Wildman–Crippen LogP) is 3.75. The quantitative estimate of drug-likeness (QED) is 0.661. The van der Waals surface area contributed by atoms with E-state index in [-0.39, 0.29) is 6.61 Å². The highest BCUT2D eigenvalue weighted by molar-refractivity contribution is 5.90. The molecule has 2 aromatic rings. The van der Waals surface area contributed by atoms with Crippen LogP contribution >= 0.6 is 0 Å². The van der Waals surface area contributed by atoms with Crippen molar-refractivity contribution in [2.24, 2.45) is 0 Å². The molecule has 0 fully saturated rings. The molecule has 1 N–H and O–H groups in total. The lowest BCUT2D eigenvalue weighted by Crippen LogP contribution is -1.99. The summed E-state index contributed by atoms with van der Waals surface area (Å²) in [5.74, 6) is 6.55. The summed E-state index contributed by atoms with van der Waals surface area (Å²) < 4.78 is 5.86. The third kappa shape index (κ3) is 3.53. The van der Waals surface area contributed by atoms with Gasteiger partial charge in [0.05, 0.1) is 12.2 Å². The van der Waals surface area contributed by atoms with Gasteiger partial charge in [0, 0.05) is 5.39 Å². The first-order valence-corrected chi connectivity index (χ1v) is 7.11. The maximum atomic E-state index is 8.92. The largest absolute Gasteiger partial charge is 0.492 e. The highest BCUT2D eigenvalue weighted by Crippen LogP contribution is 2.27. The third-order valence-corrected chi connectivity index (χ3v) is 3.19. The monoisotopic (exact) mass is 268 g/mol. The van der Waals surface area contributed by atoms with Gasteiger partial charge in [-0.3, -0.25) is 0 Å². The van der Waals surface area contributed by atoms with E-state index in [1.807, 2.05) is 24.3 Å². The van der Waals surface area contributed by atoms with Crippen molar-refractivity contribution >= 4 is 10.8 Å². The summed E-state index contributed by atoms with van der Waals surface area (Å²) >= 11 is 0. The van der Waals surface area contributed by atoms with E-state index in [0.29, 0.717) is 6.61 Å². The van der Waals surface area contributed by atoms with Gasteiger partial charge in [0.25, 0.3) is 0 Å². The molecule has 0 unspecified atom stereocenters. The molecule has 20 heavy (non-hydrogen) atoms. The molecule has 2 aromatic carbocycles. The van der Waals surface area contributed by atoms with Crippen LogP contribution in [0.25, 0.3) is 10.8 Å². The van der Waals surface area contributed by atoms with E-state index < -0.39 is 0 Å². The van der Waals surface area contributed by atoms with Crippen LogP contribution in [0.4, 0.5) is 0 Å². The number of hydrogen-bond acceptors (Lipinski definition) is 2. The van der Waals surface area contributed by atoms with Gasteiger partial charge in [-0.1, -0.05) is 61.9 Å². The number of ether oxygens (including phenoxy) is 1. The third-order valence-electron chi connectivity index (χ3n) is 3.19. The number of aliphatic hydroxyl groups excluding tert-OH is 1.